The third kappa shape index (κ3) is 1.84. The van der Waals surface area contributed by atoms with Gasteiger partial charge < -0.3 is 4.98 Å². The Labute approximate surface area is 73.0 Å². The van der Waals surface area contributed by atoms with Crippen LogP contribution in [0.3, 0.4) is 0 Å². The Morgan fingerprint density at radius 2 is 2.25 bits per heavy atom. The van der Waals surface area contributed by atoms with Crippen molar-refractivity contribution in [1.29, 1.82) is 0 Å². The predicted octanol–water partition coefficient (Wildman–Crippen LogP) is 2.70. The molecule has 0 unspecified atom stereocenters. The normalized spacial score (nSPS) is 11.8. The standard InChI is InChI=1S/C10H14N2/c1-7(2)8(3)5-10-9(4)11-6-12-10/h5-6H,1H2,2-4H3,(H,11,12). The van der Waals surface area contributed by atoms with Crippen molar-refractivity contribution >= 4 is 6.08 Å². The molecule has 0 fully saturated rings. The lowest BCUT2D eigenvalue weighted by Gasteiger charge is -1.97. The van der Waals surface area contributed by atoms with Gasteiger partial charge in [0.15, 0.2) is 0 Å². The summed E-state index contributed by atoms with van der Waals surface area (Å²) >= 11 is 0. The Balaban J connectivity index is 2.95. The Kier molecular flexibility index (Phi) is 2.48. The van der Waals surface area contributed by atoms with Crippen molar-refractivity contribution in [2.75, 3.05) is 0 Å². The second-order valence-electron chi connectivity index (χ2n) is 3.02. The van der Waals surface area contributed by atoms with Crippen molar-refractivity contribution in [2.24, 2.45) is 0 Å². The van der Waals surface area contributed by atoms with Gasteiger partial charge in [-0.3, -0.25) is 0 Å². The maximum atomic E-state index is 4.17. The van der Waals surface area contributed by atoms with Gasteiger partial charge in [0.05, 0.1) is 12.0 Å². The van der Waals surface area contributed by atoms with Gasteiger partial charge in [0.1, 0.15) is 0 Å². The van der Waals surface area contributed by atoms with Gasteiger partial charge in [0.2, 0.25) is 0 Å². The zero-order valence-electron chi connectivity index (χ0n) is 7.81. The van der Waals surface area contributed by atoms with Gasteiger partial charge in [0.25, 0.3) is 0 Å². The molecule has 0 spiro atoms. The van der Waals surface area contributed by atoms with Gasteiger partial charge in [-0.25, -0.2) is 4.98 Å². The van der Waals surface area contributed by atoms with E-state index >= 15 is 0 Å². The Morgan fingerprint density at radius 1 is 1.58 bits per heavy atom. The second kappa shape index (κ2) is 3.39. The molecule has 0 amide bonds. The number of aromatic nitrogens is 2. The zero-order chi connectivity index (χ0) is 9.14. The fourth-order valence-electron chi connectivity index (χ4n) is 0.843. The summed E-state index contributed by atoms with van der Waals surface area (Å²) in [5, 5.41) is 0. The molecule has 1 rings (SSSR count). The van der Waals surface area contributed by atoms with Gasteiger partial charge >= 0.3 is 0 Å². The molecule has 0 aliphatic carbocycles. The van der Waals surface area contributed by atoms with E-state index in [0.717, 1.165) is 17.0 Å². The summed E-state index contributed by atoms with van der Waals surface area (Å²) in [6.07, 6.45) is 3.74. The number of H-pyrrole nitrogens is 1. The van der Waals surface area contributed by atoms with Gasteiger partial charge in [-0.1, -0.05) is 12.2 Å². The van der Waals surface area contributed by atoms with E-state index in [1.54, 1.807) is 6.33 Å². The molecule has 1 N–H and O–H groups in total. The van der Waals surface area contributed by atoms with Crippen LogP contribution in [0.25, 0.3) is 6.08 Å². The largest absolute Gasteiger partial charge is 0.348 e. The summed E-state index contributed by atoms with van der Waals surface area (Å²) in [5.41, 5.74) is 4.34. The third-order valence-corrected chi connectivity index (χ3v) is 1.90. The highest BCUT2D eigenvalue weighted by Gasteiger charge is 1.97. The first-order valence-electron chi connectivity index (χ1n) is 3.95. The number of nitrogens with one attached hydrogen (secondary N) is 1. The molecular weight excluding hydrogens is 148 g/mol. The molecular formula is C10H14N2. The van der Waals surface area contributed by atoms with E-state index in [1.807, 2.05) is 26.8 Å². The van der Waals surface area contributed by atoms with Crippen LogP contribution in [0.5, 0.6) is 0 Å². The maximum Gasteiger partial charge on any atom is 0.0929 e. The van der Waals surface area contributed by atoms with Crippen LogP contribution in [0.2, 0.25) is 0 Å². The summed E-state index contributed by atoms with van der Waals surface area (Å²) in [6.45, 7) is 9.90. The van der Waals surface area contributed by atoms with Gasteiger partial charge in [-0.2, -0.15) is 0 Å². The van der Waals surface area contributed by atoms with E-state index < -0.39 is 0 Å². The molecule has 0 radical (unpaired) electrons. The third-order valence-electron chi connectivity index (χ3n) is 1.90. The van der Waals surface area contributed by atoms with Crippen LogP contribution in [0.15, 0.2) is 24.1 Å². The maximum absolute atomic E-state index is 4.17. The van der Waals surface area contributed by atoms with Crippen molar-refractivity contribution < 1.29 is 0 Å². The molecule has 0 aliphatic heterocycles. The van der Waals surface area contributed by atoms with Crippen LogP contribution in [-0.4, -0.2) is 9.97 Å². The highest BCUT2D eigenvalue weighted by Crippen LogP contribution is 2.12. The van der Waals surface area contributed by atoms with Gasteiger partial charge in [-0.15, -0.1) is 0 Å². The quantitative estimate of drug-likeness (QED) is 0.665. The summed E-state index contributed by atoms with van der Waals surface area (Å²) in [7, 11) is 0. The van der Waals surface area contributed by atoms with Crippen molar-refractivity contribution in [3.63, 3.8) is 0 Å². The van der Waals surface area contributed by atoms with E-state index in [0.29, 0.717) is 0 Å². The smallest absolute Gasteiger partial charge is 0.0929 e. The number of allylic oxidation sites excluding steroid dienone is 2. The zero-order valence-corrected chi connectivity index (χ0v) is 7.81. The van der Waals surface area contributed by atoms with Crippen LogP contribution >= 0.6 is 0 Å². The molecule has 0 aromatic carbocycles. The van der Waals surface area contributed by atoms with Crippen molar-refractivity contribution in [1.82, 2.24) is 9.97 Å². The SMILES string of the molecule is C=C(C)C(C)=Cc1nc[nH]c1C. The number of nitrogens with zero attached hydrogens (tertiary/aromatic N) is 1. The average Bonchev–Trinajstić information content (AvgIpc) is 2.36. The molecule has 0 saturated heterocycles. The van der Waals surface area contributed by atoms with Gasteiger partial charge in [0, 0.05) is 5.69 Å². The van der Waals surface area contributed by atoms with E-state index in [4.69, 9.17) is 0 Å². The predicted molar refractivity (Wildman–Crippen MR) is 51.8 cm³/mol. The topological polar surface area (TPSA) is 28.7 Å². The minimum absolute atomic E-state index is 0.996. The summed E-state index contributed by atoms with van der Waals surface area (Å²) in [4.78, 5) is 7.19. The highest BCUT2D eigenvalue weighted by atomic mass is 14.9. The first kappa shape index (κ1) is 8.78. The molecule has 0 atom stereocenters. The molecule has 1 aromatic heterocycles. The molecule has 2 heteroatoms. The van der Waals surface area contributed by atoms with Crippen LogP contribution in [0.1, 0.15) is 25.2 Å². The highest BCUT2D eigenvalue weighted by molar-refractivity contribution is 5.55. The van der Waals surface area contributed by atoms with Crippen LogP contribution in [-0.2, 0) is 0 Å². The first-order valence-corrected chi connectivity index (χ1v) is 3.95. The second-order valence-corrected chi connectivity index (χ2v) is 3.02. The molecule has 2 nitrogen and oxygen atoms in total. The molecule has 0 aliphatic rings. The average molecular weight is 162 g/mol. The van der Waals surface area contributed by atoms with Gasteiger partial charge in [-0.05, 0) is 32.4 Å². The summed E-state index contributed by atoms with van der Waals surface area (Å²) in [6, 6.07) is 0. The Bertz CT molecular complexity index is 318. The van der Waals surface area contributed by atoms with E-state index in [2.05, 4.69) is 16.5 Å². The number of aromatic amines is 1. The van der Waals surface area contributed by atoms with Crippen LogP contribution in [0, 0.1) is 6.92 Å². The lowest BCUT2D eigenvalue weighted by Crippen LogP contribution is -1.81. The molecule has 0 bridgehead atoms. The number of aryl methyl sites for hydroxylation is 1. The lowest BCUT2D eigenvalue weighted by molar-refractivity contribution is 1.25. The minimum atomic E-state index is 0.996. The minimum Gasteiger partial charge on any atom is -0.348 e. The Morgan fingerprint density at radius 3 is 2.67 bits per heavy atom. The molecule has 0 saturated carbocycles. The fourth-order valence-corrected chi connectivity index (χ4v) is 0.843. The summed E-state index contributed by atoms with van der Waals surface area (Å²) in [5.74, 6) is 0. The number of hydrogen-bond donors (Lipinski definition) is 1. The molecule has 64 valence electrons. The van der Waals surface area contributed by atoms with Crippen LogP contribution in [0.4, 0.5) is 0 Å². The fraction of sp³-hybridized carbons (Fsp3) is 0.300. The van der Waals surface area contributed by atoms with Crippen molar-refractivity contribution in [3.05, 3.63) is 35.4 Å². The molecule has 1 aromatic rings. The first-order chi connectivity index (χ1) is 5.61. The lowest BCUT2D eigenvalue weighted by atomic mass is 10.1. The van der Waals surface area contributed by atoms with E-state index in [9.17, 15) is 0 Å². The monoisotopic (exact) mass is 162 g/mol. The number of imidazole rings is 1. The van der Waals surface area contributed by atoms with Crippen molar-refractivity contribution in [3.8, 4) is 0 Å². The molecule has 12 heavy (non-hydrogen) atoms. The van der Waals surface area contributed by atoms with E-state index in [1.165, 1.54) is 5.57 Å². The van der Waals surface area contributed by atoms with E-state index in [-0.39, 0.29) is 0 Å². The number of rotatable bonds is 2. The van der Waals surface area contributed by atoms with Crippen LogP contribution < -0.4 is 0 Å². The van der Waals surface area contributed by atoms with Crippen molar-refractivity contribution in [2.45, 2.75) is 20.8 Å². The Hall–Kier alpha value is -1.31. The molecule has 1 heterocycles. The number of hydrogen-bond acceptors (Lipinski definition) is 1. The summed E-state index contributed by atoms with van der Waals surface area (Å²) < 4.78 is 0.